The molecule has 0 radical (unpaired) electrons. The molecular weight excluding hydrogens is 258 g/mol. The van der Waals surface area contributed by atoms with Crippen molar-refractivity contribution in [2.24, 2.45) is 0 Å². The summed E-state index contributed by atoms with van der Waals surface area (Å²) in [5, 5.41) is 8.84. The second-order valence-electron chi connectivity index (χ2n) is 4.52. The van der Waals surface area contributed by atoms with Gasteiger partial charge in [0, 0.05) is 5.69 Å². The number of nitrogens with zero attached hydrogens (tertiary/aromatic N) is 1. The molecule has 5 heteroatoms. The minimum atomic E-state index is -1.09. The molecule has 1 N–H and O–H groups in total. The smallest absolute Gasteiger partial charge is 0.371 e. The van der Waals surface area contributed by atoms with Gasteiger partial charge in [-0.2, -0.15) is 0 Å². The highest BCUT2D eigenvalue weighted by atomic mass is 16.5. The van der Waals surface area contributed by atoms with Crippen LogP contribution >= 0.6 is 0 Å². The standard InChI is InChI=1S/C15H17NO4/c1-4-11-13(6-5-9(2)16-11)19-10(3)12-7-8-14(20-12)15(17)18/h5-8,10H,4H2,1-3H3,(H,17,18). The van der Waals surface area contributed by atoms with Crippen LogP contribution in [0.1, 0.15) is 47.7 Å². The SMILES string of the molecule is CCc1nc(C)ccc1OC(C)c1ccc(C(=O)O)o1. The Morgan fingerprint density at radius 3 is 2.75 bits per heavy atom. The Balaban J connectivity index is 2.18. The predicted octanol–water partition coefficient (Wildman–Crippen LogP) is 3.38. The van der Waals surface area contributed by atoms with Gasteiger partial charge in [-0.1, -0.05) is 6.92 Å². The molecule has 2 aromatic heterocycles. The minimum Gasteiger partial charge on any atom is -0.481 e. The monoisotopic (exact) mass is 275 g/mol. The summed E-state index contributed by atoms with van der Waals surface area (Å²) in [5.41, 5.74) is 1.81. The van der Waals surface area contributed by atoms with Crippen LogP contribution in [0.5, 0.6) is 5.75 Å². The van der Waals surface area contributed by atoms with Gasteiger partial charge in [0.05, 0.1) is 5.69 Å². The van der Waals surface area contributed by atoms with Crippen LogP contribution in [0.4, 0.5) is 0 Å². The number of hydrogen-bond acceptors (Lipinski definition) is 4. The maximum absolute atomic E-state index is 10.8. The molecule has 20 heavy (non-hydrogen) atoms. The van der Waals surface area contributed by atoms with Crippen molar-refractivity contribution >= 4 is 5.97 Å². The molecule has 0 spiro atoms. The van der Waals surface area contributed by atoms with Crippen LogP contribution in [0.3, 0.4) is 0 Å². The summed E-state index contributed by atoms with van der Waals surface area (Å²) >= 11 is 0. The first-order valence-electron chi connectivity index (χ1n) is 6.47. The summed E-state index contributed by atoms with van der Waals surface area (Å²) in [7, 11) is 0. The Labute approximate surface area is 117 Å². The van der Waals surface area contributed by atoms with E-state index in [9.17, 15) is 4.79 Å². The van der Waals surface area contributed by atoms with Crippen molar-refractivity contribution in [1.29, 1.82) is 0 Å². The number of carbonyl (C=O) groups is 1. The molecule has 1 unspecified atom stereocenters. The van der Waals surface area contributed by atoms with Crippen LogP contribution in [0.2, 0.25) is 0 Å². The van der Waals surface area contributed by atoms with E-state index >= 15 is 0 Å². The number of aromatic carboxylic acids is 1. The molecule has 2 heterocycles. The zero-order valence-corrected chi connectivity index (χ0v) is 11.7. The van der Waals surface area contributed by atoms with E-state index in [0.717, 1.165) is 17.8 Å². The number of rotatable bonds is 5. The van der Waals surface area contributed by atoms with Crippen LogP contribution in [-0.2, 0) is 6.42 Å². The first-order valence-corrected chi connectivity index (χ1v) is 6.47. The molecule has 5 nitrogen and oxygen atoms in total. The highest BCUT2D eigenvalue weighted by Crippen LogP contribution is 2.26. The normalized spacial score (nSPS) is 12.2. The Morgan fingerprint density at radius 2 is 2.15 bits per heavy atom. The van der Waals surface area contributed by atoms with E-state index in [4.69, 9.17) is 14.3 Å². The summed E-state index contributed by atoms with van der Waals surface area (Å²) in [4.78, 5) is 15.2. The third-order valence-corrected chi connectivity index (χ3v) is 2.95. The van der Waals surface area contributed by atoms with E-state index in [1.807, 2.05) is 32.9 Å². The number of carboxylic acids is 1. The molecule has 0 bridgehead atoms. The molecule has 0 aliphatic carbocycles. The molecule has 0 aliphatic heterocycles. The van der Waals surface area contributed by atoms with E-state index in [-0.39, 0.29) is 11.9 Å². The van der Waals surface area contributed by atoms with E-state index in [2.05, 4.69) is 4.98 Å². The molecule has 1 atom stereocenters. The van der Waals surface area contributed by atoms with Crippen molar-refractivity contribution in [2.45, 2.75) is 33.3 Å². The lowest BCUT2D eigenvalue weighted by Gasteiger charge is -2.15. The maximum Gasteiger partial charge on any atom is 0.371 e. The van der Waals surface area contributed by atoms with Crippen molar-refractivity contribution in [3.8, 4) is 5.75 Å². The van der Waals surface area contributed by atoms with Crippen LogP contribution in [0.15, 0.2) is 28.7 Å². The minimum absolute atomic E-state index is 0.0896. The van der Waals surface area contributed by atoms with E-state index in [0.29, 0.717) is 11.5 Å². The van der Waals surface area contributed by atoms with Crippen molar-refractivity contribution in [3.05, 3.63) is 47.2 Å². The number of aromatic nitrogens is 1. The fourth-order valence-electron chi connectivity index (χ4n) is 1.89. The molecule has 0 fully saturated rings. The Kier molecular flexibility index (Phi) is 4.08. The number of furan rings is 1. The Bertz CT molecular complexity index is 618. The molecule has 2 rings (SSSR count). The molecule has 0 saturated carbocycles. The molecule has 0 aromatic carbocycles. The van der Waals surface area contributed by atoms with E-state index < -0.39 is 5.97 Å². The van der Waals surface area contributed by atoms with Gasteiger partial charge in [-0.25, -0.2) is 4.79 Å². The summed E-state index contributed by atoms with van der Waals surface area (Å²) in [6.45, 7) is 5.75. The van der Waals surface area contributed by atoms with Crippen molar-refractivity contribution in [2.75, 3.05) is 0 Å². The Hall–Kier alpha value is -2.30. The topological polar surface area (TPSA) is 72.6 Å². The van der Waals surface area contributed by atoms with Crippen LogP contribution < -0.4 is 4.74 Å². The number of carboxylic acid groups (broad SMARTS) is 1. The third-order valence-electron chi connectivity index (χ3n) is 2.95. The predicted molar refractivity (Wildman–Crippen MR) is 73.1 cm³/mol. The molecule has 2 aromatic rings. The van der Waals surface area contributed by atoms with Crippen molar-refractivity contribution in [3.63, 3.8) is 0 Å². The summed E-state index contributed by atoms with van der Waals surface area (Å²) in [6, 6.07) is 6.79. The largest absolute Gasteiger partial charge is 0.481 e. The molecular formula is C15H17NO4. The lowest BCUT2D eigenvalue weighted by atomic mass is 10.2. The van der Waals surface area contributed by atoms with Crippen LogP contribution in [0.25, 0.3) is 0 Å². The lowest BCUT2D eigenvalue weighted by Crippen LogP contribution is -2.05. The van der Waals surface area contributed by atoms with Crippen molar-refractivity contribution in [1.82, 2.24) is 4.98 Å². The quantitative estimate of drug-likeness (QED) is 0.905. The molecule has 0 aliphatic rings. The van der Waals surface area contributed by atoms with Gasteiger partial charge in [0.25, 0.3) is 0 Å². The molecule has 106 valence electrons. The van der Waals surface area contributed by atoms with Gasteiger partial charge in [0.1, 0.15) is 11.5 Å². The summed E-state index contributed by atoms with van der Waals surface area (Å²) in [5.74, 6) is -0.00759. The molecule has 0 amide bonds. The first kappa shape index (κ1) is 14.1. The highest BCUT2D eigenvalue weighted by molar-refractivity contribution is 5.84. The summed E-state index contributed by atoms with van der Waals surface area (Å²) in [6.07, 6.45) is 0.389. The molecule has 0 saturated heterocycles. The summed E-state index contributed by atoms with van der Waals surface area (Å²) < 4.78 is 11.1. The second kappa shape index (κ2) is 5.77. The number of ether oxygens (including phenoxy) is 1. The van der Waals surface area contributed by atoms with Gasteiger partial charge in [-0.3, -0.25) is 4.98 Å². The lowest BCUT2D eigenvalue weighted by molar-refractivity contribution is 0.0655. The van der Waals surface area contributed by atoms with Crippen LogP contribution in [-0.4, -0.2) is 16.1 Å². The van der Waals surface area contributed by atoms with Gasteiger partial charge in [0.2, 0.25) is 5.76 Å². The van der Waals surface area contributed by atoms with Gasteiger partial charge in [0.15, 0.2) is 6.10 Å². The van der Waals surface area contributed by atoms with Gasteiger partial charge in [-0.15, -0.1) is 0 Å². The first-order chi connectivity index (χ1) is 9.51. The fourth-order valence-corrected chi connectivity index (χ4v) is 1.89. The second-order valence-corrected chi connectivity index (χ2v) is 4.52. The van der Waals surface area contributed by atoms with Crippen LogP contribution in [0, 0.1) is 6.92 Å². The maximum atomic E-state index is 10.8. The Morgan fingerprint density at radius 1 is 1.40 bits per heavy atom. The third kappa shape index (κ3) is 2.99. The fraction of sp³-hybridized carbons (Fsp3) is 0.333. The number of pyridine rings is 1. The number of aryl methyl sites for hydroxylation is 2. The van der Waals surface area contributed by atoms with Gasteiger partial charge in [-0.05, 0) is 44.5 Å². The van der Waals surface area contributed by atoms with Gasteiger partial charge >= 0.3 is 5.97 Å². The zero-order valence-electron chi connectivity index (χ0n) is 11.7. The van der Waals surface area contributed by atoms with E-state index in [1.165, 1.54) is 6.07 Å². The average molecular weight is 275 g/mol. The van der Waals surface area contributed by atoms with Gasteiger partial charge < -0.3 is 14.3 Å². The highest BCUT2D eigenvalue weighted by Gasteiger charge is 2.16. The van der Waals surface area contributed by atoms with Crippen molar-refractivity contribution < 1.29 is 19.1 Å². The van der Waals surface area contributed by atoms with E-state index in [1.54, 1.807) is 6.07 Å². The zero-order chi connectivity index (χ0) is 14.7. The number of hydrogen-bond donors (Lipinski definition) is 1. The average Bonchev–Trinajstić information content (AvgIpc) is 2.90.